The van der Waals surface area contributed by atoms with E-state index in [0.717, 1.165) is 30.8 Å². The third-order valence-electron chi connectivity index (χ3n) is 5.67. The number of aromatic nitrogens is 3. The van der Waals surface area contributed by atoms with E-state index in [1.54, 1.807) is 0 Å². The fourth-order valence-corrected chi connectivity index (χ4v) is 4.25. The SMILES string of the molecule is C[C@@H]1[C@@H](n2cc(-c3ccccc3)nn2)CC(C)(C)CN1Cc1ccccc1. The molecule has 1 aromatic heterocycles. The second kappa shape index (κ2) is 7.28. The third kappa shape index (κ3) is 3.96. The molecule has 27 heavy (non-hydrogen) atoms. The predicted octanol–water partition coefficient (Wildman–Crippen LogP) is 4.81. The number of likely N-dealkylation sites (tertiary alicyclic amines) is 1. The Kier molecular flexibility index (Phi) is 4.83. The predicted molar refractivity (Wildman–Crippen MR) is 109 cm³/mol. The maximum atomic E-state index is 4.51. The van der Waals surface area contributed by atoms with Crippen molar-refractivity contribution < 1.29 is 0 Å². The first-order chi connectivity index (χ1) is 13.0. The summed E-state index contributed by atoms with van der Waals surface area (Å²) in [5.41, 5.74) is 3.67. The summed E-state index contributed by atoms with van der Waals surface area (Å²) in [6.45, 7) is 9.12. The maximum Gasteiger partial charge on any atom is 0.113 e. The average molecular weight is 361 g/mol. The van der Waals surface area contributed by atoms with Gasteiger partial charge in [0, 0.05) is 24.7 Å². The van der Waals surface area contributed by atoms with E-state index in [4.69, 9.17) is 0 Å². The molecular weight excluding hydrogens is 332 g/mol. The highest BCUT2D eigenvalue weighted by atomic mass is 15.4. The van der Waals surface area contributed by atoms with Crippen molar-refractivity contribution in [3.8, 4) is 11.3 Å². The van der Waals surface area contributed by atoms with Gasteiger partial charge < -0.3 is 0 Å². The number of hydrogen-bond donors (Lipinski definition) is 0. The summed E-state index contributed by atoms with van der Waals surface area (Å²) in [5.74, 6) is 0. The highest BCUT2D eigenvalue weighted by molar-refractivity contribution is 5.57. The molecule has 4 rings (SSSR count). The first kappa shape index (κ1) is 17.9. The van der Waals surface area contributed by atoms with E-state index >= 15 is 0 Å². The van der Waals surface area contributed by atoms with Gasteiger partial charge in [-0.25, -0.2) is 4.68 Å². The number of piperidine rings is 1. The highest BCUT2D eigenvalue weighted by Crippen LogP contribution is 2.39. The van der Waals surface area contributed by atoms with Crippen molar-refractivity contribution in [3.05, 3.63) is 72.4 Å². The van der Waals surface area contributed by atoms with Gasteiger partial charge in [-0.05, 0) is 24.3 Å². The fraction of sp³-hybridized carbons (Fsp3) is 0.391. The van der Waals surface area contributed by atoms with Gasteiger partial charge in [0.25, 0.3) is 0 Å². The van der Waals surface area contributed by atoms with Crippen molar-refractivity contribution >= 4 is 0 Å². The van der Waals surface area contributed by atoms with Crippen molar-refractivity contribution in [3.63, 3.8) is 0 Å². The molecule has 1 saturated heterocycles. The van der Waals surface area contributed by atoms with Crippen LogP contribution >= 0.6 is 0 Å². The normalized spacial score (nSPS) is 22.6. The van der Waals surface area contributed by atoms with Gasteiger partial charge in [-0.1, -0.05) is 79.7 Å². The molecule has 1 aliphatic heterocycles. The van der Waals surface area contributed by atoms with Crippen molar-refractivity contribution in [2.45, 2.75) is 45.8 Å². The lowest BCUT2D eigenvalue weighted by molar-refractivity contribution is 0.0187. The highest BCUT2D eigenvalue weighted by Gasteiger charge is 2.39. The molecule has 2 atom stereocenters. The second-order valence-corrected chi connectivity index (χ2v) is 8.52. The Labute approximate surface area is 161 Å². The lowest BCUT2D eigenvalue weighted by atomic mass is 9.78. The molecule has 2 aromatic carbocycles. The van der Waals surface area contributed by atoms with Crippen LogP contribution in [0.5, 0.6) is 0 Å². The van der Waals surface area contributed by atoms with Gasteiger partial charge in [0.1, 0.15) is 5.69 Å². The summed E-state index contributed by atoms with van der Waals surface area (Å²) < 4.78 is 2.09. The number of benzene rings is 2. The summed E-state index contributed by atoms with van der Waals surface area (Å²) in [7, 11) is 0. The zero-order valence-corrected chi connectivity index (χ0v) is 16.4. The van der Waals surface area contributed by atoms with E-state index in [-0.39, 0.29) is 5.41 Å². The molecule has 3 aromatic rings. The largest absolute Gasteiger partial charge is 0.294 e. The van der Waals surface area contributed by atoms with Gasteiger partial charge in [0.2, 0.25) is 0 Å². The van der Waals surface area contributed by atoms with Crippen LogP contribution in [0.4, 0.5) is 0 Å². The zero-order valence-electron chi connectivity index (χ0n) is 16.4. The average Bonchev–Trinajstić information content (AvgIpc) is 3.16. The van der Waals surface area contributed by atoms with Crippen molar-refractivity contribution in [2.75, 3.05) is 6.54 Å². The molecule has 0 unspecified atom stereocenters. The minimum Gasteiger partial charge on any atom is -0.294 e. The Balaban J connectivity index is 1.59. The van der Waals surface area contributed by atoms with Crippen LogP contribution in [0.3, 0.4) is 0 Å². The lowest BCUT2D eigenvalue weighted by Crippen LogP contribution is -2.50. The van der Waals surface area contributed by atoms with Crippen molar-refractivity contribution in [1.82, 2.24) is 19.9 Å². The van der Waals surface area contributed by atoms with Gasteiger partial charge in [-0.2, -0.15) is 0 Å². The van der Waals surface area contributed by atoms with Crippen LogP contribution in [-0.2, 0) is 6.54 Å². The van der Waals surface area contributed by atoms with Gasteiger partial charge in [-0.3, -0.25) is 4.90 Å². The lowest BCUT2D eigenvalue weighted by Gasteiger charge is -2.47. The molecule has 1 aliphatic rings. The van der Waals surface area contributed by atoms with Gasteiger partial charge >= 0.3 is 0 Å². The van der Waals surface area contributed by atoms with Crippen molar-refractivity contribution in [1.29, 1.82) is 0 Å². The molecule has 4 heteroatoms. The molecule has 2 heterocycles. The Morgan fingerprint density at radius 1 is 1.00 bits per heavy atom. The topological polar surface area (TPSA) is 34.0 Å². The summed E-state index contributed by atoms with van der Waals surface area (Å²) in [5, 5.41) is 8.96. The molecule has 0 N–H and O–H groups in total. The standard InChI is InChI=1S/C23H28N4/c1-18-22(27-16-21(24-25-27)20-12-8-5-9-13-20)14-23(2,3)17-26(18)15-19-10-6-4-7-11-19/h4-13,16,18,22H,14-15,17H2,1-3H3/t18-,22+/m1/s1. The Bertz CT molecular complexity index is 870. The minimum absolute atomic E-state index is 0.241. The molecule has 0 aliphatic carbocycles. The van der Waals surface area contributed by atoms with Gasteiger partial charge in [0.05, 0.1) is 12.2 Å². The minimum atomic E-state index is 0.241. The van der Waals surface area contributed by atoms with Crippen LogP contribution in [0.1, 0.15) is 38.8 Å². The zero-order chi connectivity index (χ0) is 18.9. The molecule has 140 valence electrons. The van der Waals surface area contributed by atoms with E-state index < -0.39 is 0 Å². The van der Waals surface area contributed by atoms with E-state index in [2.05, 4.69) is 89.3 Å². The monoisotopic (exact) mass is 360 g/mol. The van der Waals surface area contributed by atoms with E-state index in [9.17, 15) is 0 Å². The quantitative estimate of drug-likeness (QED) is 0.670. The second-order valence-electron chi connectivity index (χ2n) is 8.52. The van der Waals surface area contributed by atoms with Crippen LogP contribution in [0.25, 0.3) is 11.3 Å². The Morgan fingerprint density at radius 2 is 1.67 bits per heavy atom. The molecule has 0 saturated carbocycles. The molecule has 1 fully saturated rings. The summed E-state index contributed by atoms with van der Waals surface area (Å²) >= 11 is 0. The third-order valence-corrected chi connectivity index (χ3v) is 5.67. The molecular formula is C23H28N4. The van der Waals surface area contributed by atoms with Crippen LogP contribution in [-0.4, -0.2) is 32.5 Å². The summed E-state index contributed by atoms with van der Waals surface area (Å²) in [6.07, 6.45) is 3.22. The van der Waals surface area contributed by atoms with Crippen LogP contribution < -0.4 is 0 Å². The Morgan fingerprint density at radius 3 is 2.37 bits per heavy atom. The number of nitrogens with zero attached hydrogens (tertiary/aromatic N) is 4. The van der Waals surface area contributed by atoms with Gasteiger partial charge in [0.15, 0.2) is 0 Å². The van der Waals surface area contributed by atoms with Gasteiger partial charge in [-0.15, -0.1) is 5.10 Å². The number of rotatable bonds is 4. The van der Waals surface area contributed by atoms with E-state index in [0.29, 0.717) is 12.1 Å². The molecule has 0 spiro atoms. The number of hydrogen-bond acceptors (Lipinski definition) is 3. The van der Waals surface area contributed by atoms with Crippen LogP contribution in [0.15, 0.2) is 66.9 Å². The van der Waals surface area contributed by atoms with Crippen molar-refractivity contribution in [2.24, 2.45) is 5.41 Å². The molecule has 0 amide bonds. The molecule has 0 radical (unpaired) electrons. The smallest absolute Gasteiger partial charge is 0.113 e. The van der Waals surface area contributed by atoms with E-state index in [1.807, 2.05) is 18.2 Å². The summed E-state index contributed by atoms with van der Waals surface area (Å²) in [6, 6.07) is 21.8. The fourth-order valence-electron chi connectivity index (χ4n) is 4.25. The first-order valence-corrected chi connectivity index (χ1v) is 9.77. The van der Waals surface area contributed by atoms with E-state index in [1.165, 1.54) is 5.56 Å². The molecule has 0 bridgehead atoms. The van der Waals surface area contributed by atoms with Crippen LogP contribution in [0.2, 0.25) is 0 Å². The molecule has 4 nitrogen and oxygen atoms in total. The first-order valence-electron chi connectivity index (χ1n) is 9.77. The maximum absolute atomic E-state index is 4.51. The van der Waals surface area contributed by atoms with Crippen LogP contribution in [0, 0.1) is 5.41 Å². The summed E-state index contributed by atoms with van der Waals surface area (Å²) in [4.78, 5) is 2.59. The Hall–Kier alpha value is -2.46.